The molecule has 0 amide bonds. The Morgan fingerprint density at radius 3 is 1.38 bits per heavy atom. The Hall–Kier alpha value is -1.50. The molecule has 0 saturated carbocycles. The Morgan fingerprint density at radius 1 is 0.857 bits per heavy atom. The minimum atomic E-state index is -1.48. The maximum Gasteiger partial charge on any atom is 0.281 e. The molecule has 0 atom stereocenters. The van der Waals surface area contributed by atoms with Crippen molar-refractivity contribution in [3.8, 4) is 0 Å². The number of hydrogen-bond donors (Lipinski definition) is 3. The normalized spacial score (nSPS) is 13.4. The molecule has 21 heavy (non-hydrogen) atoms. The average molecular weight is 297 g/mol. The van der Waals surface area contributed by atoms with Gasteiger partial charge in [0.05, 0.1) is 32.9 Å². The molecule has 0 aliphatic rings. The highest BCUT2D eigenvalue weighted by Crippen LogP contribution is 2.40. The molecule has 0 aliphatic carbocycles. The number of nitro groups is 1. The van der Waals surface area contributed by atoms with Gasteiger partial charge in [0, 0.05) is 0 Å². The monoisotopic (exact) mass is 297 g/mol. The van der Waals surface area contributed by atoms with Crippen LogP contribution in [-0.2, 0) is 16.8 Å². The van der Waals surface area contributed by atoms with E-state index in [1.54, 1.807) is 0 Å². The molecule has 0 radical (unpaired) electrons. The van der Waals surface area contributed by atoms with Gasteiger partial charge in [0.2, 0.25) is 0 Å². The summed E-state index contributed by atoms with van der Waals surface area (Å²) in [5, 5.41) is 42.0. The van der Waals surface area contributed by atoms with Crippen LogP contribution in [0.25, 0.3) is 0 Å². The summed E-state index contributed by atoms with van der Waals surface area (Å²) in [7, 11) is 0. The predicted molar refractivity (Wildman–Crippen MR) is 78.8 cm³/mol. The second kappa shape index (κ2) is 5.05. The molecule has 0 aliphatic heterocycles. The molecule has 0 saturated heterocycles. The SMILES string of the molecule is CC(C)(O)c1cc(C(C)(C)O)c([N+](=O)[O-])c(C(C)(C)O)c1. The van der Waals surface area contributed by atoms with Crippen LogP contribution in [0.15, 0.2) is 12.1 Å². The molecule has 0 bridgehead atoms. The number of hydrogen-bond acceptors (Lipinski definition) is 5. The van der Waals surface area contributed by atoms with Crippen molar-refractivity contribution >= 4 is 5.69 Å². The maximum atomic E-state index is 11.4. The zero-order chi connectivity index (χ0) is 16.8. The van der Waals surface area contributed by atoms with Crippen LogP contribution in [0.3, 0.4) is 0 Å². The molecule has 0 fully saturated rings. The Labute approximate surface area is 124 Å². The molecule has 1 rings (SSSR count). The molecule has 6 nitrogen and oxygen atoms in total. The first-order chi connectivity index (χ1) is 9.15. The van der Waals surface area contributed by atoms with E-state index in [0.717, 1.165) is 0 Å². The van der Waals surface area contributed by atoms with Crippen LogP contribution in [0, 0.1) is 10.1 Å². The standard InChI is InChI=1S/C15H23NO5/c1-13(2,17)9-7-10(14(3,4)18)12(16(20)21)11(8-9)15(5,6)19/h7-8,17-19H,1-6H3. The van der Waals surface area contributed by atoms with E-state index >= 15 is 0 Å². The molecular weight excluding hydrogens is 274 g/mol. The van der Waals surface area contributed by atoms with Crippen molar-refractivity contribution in [2.45, 2.75) is 58.3 Å². The summed E-state index contributed by atoms with van der Waals surface area (Å²) in [5.74, 6) is 0. The van der Waals surface area contributed by atoms with E-state index in [2.05, 4.69) is 0 Å². The molecule has 1 aromatic carbocycles. The van der Waals surface area contributed by atoms with Crippen molar-refractivity contribution < 1.29 is 20.2 Å². The van der Waals surface area contributed by atoms with E-state index in [4.69, 9.17) is 0 Å². The lowest BCUT2D eigenvalue weighted by Gasteiger charge is -2.28. The molecule has 0 unspecified atom stereocenters. The van der Waals surface area contributed by atoms with Gasteiger partial charge in [-0.25, -0.2) is 0 Å². The second-order valence-corrected chi connectivity index (χ2v) is 6.85. The van der Waals surface area contributed by atoms with Gasteiger partial charge in [-0.05, 0) is 59.2 Å². The number of rotatable bonds is 4. The first-order valence-electron chi connectivity index (χ1n) is 6.66. The van der Waals surface area contributed by atoms with Gasteiger partial charge in [0.15, 0.2) is 0 Å². The minimum Gasteiger partial charge on any atom is -0.386 e. The van der Waals surface area contributed by atoms with Gasteiger partial charge in [0.25, 0.3) is 5.69 Å². The molecule has 0 aromatic heterocycles. The fraction of sp³-hybridized carbons (Fsp3) is 0.600. The highest BCUT2D eigenvalue weighted by molar-refractivity contribution is 5.55. The van der Waals surface area contributed by atoms with Crippen LogP contribution in [0.2, 0.25) is 0 Å². The Kier molecular flexibility index (Phi) is 4.22. The first-order valence-corrected chi connectivity index (χ1v) is 6.66. The van der Waals surface area contributed by atoms with Gasteiger partial charge in [-0.3, -0.25) is 10.1 Å². The Bertz CT molecular complexity index is 524. The molecule has 0 heterocycles. The van der Waals surface area contributed by atoms with Gasteiger partial charge < -0.3 is 15.3 Å². The number of benzene rings is 1. The lowest BCUT2D eigenvalue weighted by Crippen LogP contribution is -2.26. The van der Waals surface area contributed by atoms with Gasteiger partial charge in [-0.1, -0.05) is 0 Å². The third kappa shape index (κ3) is 3.78. The third-order valence-corrected chi connectivity index (χ3v) is 3.32. The highest BCUT2D eigenvalue weighted by atomic mass is 16.6. The summed E-state index contributed by atoms with van der Waals surface area (Å²) in [4.78, 5) is 10.8. The molecular formula is C15H23NO5. The minimum absolute atomic E-state index is 0.0595. The molecule has 0 spiro atoms. The van der Waals surface area contributed by atoms with E-state index in [-0.39, 0.29) is 16.8 Å². The zero-order valence-electron chi connectivity index (χ0n) is 13.3. The van der Waals surface area contributed by atoms with Gasteiger partial charge >= 0.3 is 0 Å². The highest BCUT2D eigenvalue weighted by Gasteiger charge is 2.37. The van der Waals surface area contributed by atoms with Crippen LogP contribution < -0.4 is 0 Å². The summed E-state index contributed by atoms with van der Waals surface area (Å²) in [6, 6.07) is 2.82. The maximum absolute atomic E-state index is 11.4. The average Bonchev–Trinajstić information content (AvgIpc) is 2.23. The lowest BCUT2D eigenvalue weighted by atomic mass is 9.83. The van der Waals surface area contributed by atoms with E-state index in [1.165, 1.54) is 53.7 Å². The number of nitrogens with zero attached hydrogens (tertiary/aromatic N) is 1. The van der Waals surface area contributed by atoms with E-state index in [1.807, 2.05) is 0 Å². The quantitative estimate of drug-likeness (QED) is 0.584. The molecule has 6 heteroatoms. The fourth-order valence-corrected chi connectivity index (χ4v) is 2.12. The molecule has 1 aromatic rings. The van der Waals surface area contributed by atoms with E-state index < -0.39 is 21.7 Å². The van der Waals surface area contributed by atoms with Crippen molar-refractivity contribution in [1.82, 2.24) is 0 Å². The van der Waals surface area contributed by atoms with Crippen LogP contribution in [0.5, 0.6) is 0 Å². The predicted octanol–water partition coefficient (Wildman–Crippen LogP) is 2.28. The van der Waals surface area contributed by atoms with Crippen LogP contribution in [-0.4, -0.2) is 20.2 Å². The fourth-order valence-electron chi connectivity index (χ4n) is 2.12. The van der Waals surface area contributed by atoms with Gasteiger partial charge in [-0.15, -0.1) is 0 Å². The zero-order valence-corrected chi connectivity index (χ0v) is 13.3. The summed E-state index contributed by atoms with van der Waals surface area (Å²) in [6.45, 7) is 8.79. The summed E-state index contributed by atoms with van der Waals surface area (Å²) in [5.41, 5.74) is -4.04. The second-order valence-electron chi connectivity index (χ2n) is 6.85. The first kappa shape index (κ1) is 17.6. The van der Waals surface area contributed by atoms with Gasteiger partial charge in [0.1, 0.15) is 0 Å². The van der Waals surface area contributed by atoms with Gasteiger partial charge in [-0.2, -0.15) is 0 Å². The Balaban J connectivity index is 3.89. The van der Waals surface area contributed by atoms with Crippen LogP contribution in [0.1, 0.15) is 58.2 Å². The Morgan fingerprint density at radius 2 is 1.19 bits per heavy atom. The summed E-state index contributed by atoms with van der Waals surface area (Å²) < 4.78 is 0. The summed E-state index contributed by atoms with van der Waals surface area (Å²) >= 11 is 0. The van der Waals surface area contributed by atoms with Crippen molar-refractivity contribution in [3.63, 3.8) is 0 Å². The van der Waals surface area contributed by atoms with E-state index in [9.17, 15) is 25.4 Å². The van der Waals surface area contributed by atoms with E-state index in [0.29, 0.717) is 5.56 Å². The molecule has 118 valence electrons. The number of aliphatic hydroxyl groups is 3. The van der Waals surface area contributed by atoms with Crippen LogP contribution in [0.4, 0.5) is 5.69 Å². The van der Waals surface area contributed by atoms with Crippen molar-refractivity contribution in [2.24, 2.45) is 0 Å². The third-order valence-electron chi connectivity index (χ3n) is 3.32. The van der Waals surface area contributed by atoms with Crippen LogP contribution >= 0.6 is 0 Å². The summed E-state index contributed by atoms with van der Waals surface area (Å²) in [6.07, 6.45) is 0. The largest absolute Gasteiger partial charge is 0.386 e. The smallest absolute Gasteiger partial charge is 0.281 e. The number of nitro benzene ring substituents is 1. The van der Waals surface area contributed by atoms with Crippen molar-refractivity contribution in [1.29, 1.82) is 0 Å². The van der Waals surface area contributed by atoms with Crippen molar-refractivity contribution in [3.05, 3.63) is 38.9 Å². The molecule has 3 N–H and O–H groups in total. The lowest BCUT2D eigenvalue weighted by molar-refractivity contribution is -0.388. The van der Waals surface area contributed by atoms with Crippen molar-refractivity contribution in [2.75, 3.05) is 0 Å². The topological polar surface area (TPSA) is 104 Å².